The second-order valence-corrected chi connectivity index (χ2v) is 9.14. The maximum Gasteiger partial charge on any atom is 0.291 e. The van der Waals surface area contributed by atoms with Crippen molar-refractivity contribution in [1.29, 1.82) is 0 Å². The summed E-state index contributed by atoms with van der Waals surface area (Å²) >= 11 is 0. The first-order chi connectivity index (χ1) is 11.5. The molecule has 3 nitrogen and oxygen atoms in total. The Bertz CT molecular complexity index is 833. The van der Waals surface area contributed by atoms with E-state index in [1.807, 2.05) is 0 Å². The average Bonchev–Trinajstić information content (AvgIpc) is 2.53. The lowest BCUT2D eigenvalue weighted by atomic mass is 10.1. The van der Waals surface area contributed by atoms with E-state index in [9.17, 15) is 15.5 Å². The third-order valence-electron chi connectivity index (χ3n) is 2.92. The summed E-state index contributed by atoms with van der Waals surface area (Å²) in [5.41, 5.74) is 0.773. The summed E-state index contributed by atoms with van der Waals surface area (Å²) in [6.07, 6.45) is 1.38. The van der Waals surface area contributed by atoms with Gasteiger partial charge in [-0.05, 0) is 11.6 Å². The van der Waals surface area contributed by atoms with E-state index in [4.69, 9.17) is 0 Å². The highest BCUT2D eigenvalue weighted by Gasteiger charge is 2.67. The summed E-state index contributed by atoms with van der Waals surface area (Å²) in [4.78, 5) is 3.38. The lowest BCUT2D eigenvalue weighted by Gasteiger charge is -2.40. The zero-order chi connectivity index (χ0) is 18.6. The molecule has 0 aromatic heterocycles. The molecule has 0 radical (unpaired) electrons. The van der Waals surface area contributed by atoms with Gasteiger partial charge in [0.05, 0.1) is 5.70 Å². The molecule has 2 aromatic rings. The maximum absolute atomic E-state index is 13.6. The second kappa shape index (κ2) is 6.27. The Morgan fingerprint density at radius 3 is 1.92 bits per heavy atom. The zero-order valence-corrected chi connectivity index (χ0v) is 14.6. The van der Waals surface area contributed by atoms with Gasteiger partial charge in [-0.3, -0.25) is 0 Å². The number of azo groups is 1. The fourth-order valence-electron chi connectivity index (χ4n) is 1.87. The van der Waals surface area contributed by atoms with E-state index >= 15 is 0 Å². The largest absolute Gasteiger partial charge is 0.291 e. The Labute approximate surface area is 146 Å². The van der Waals surface area contributed by atoms with Crippen molar-refractivity contribution in [2.75, 3.05) is 7.05 Å². The first kappa shape index (κ1) is 19.1. The highest BCUT2D eigenvalue weighted by atomic mass is 35.7. The predicted octanol–water partition coefficient (Wildman–Crippen LogP) is 7.19. The summed E-state index contributed by atoms with van der Waals surface area (Å²) in [7, 11) is -3.78. The molecule has 0 saturated carbocycles. The molecule has 0 aliphatic heterocycles. The van der Waals surface area contributed by atoms with E-state index in [2.05, 4.69) is 25.9 Å². The van der Waals surface area contributed by atoms with Crippen LogP contribution < -0.4 is 0 Å². The molecule has 0 heterocycles. The third-order valence-corrected chi connectivity index (χ3v) is 4.20. The lowest BCUT2D eigenvalue weighted by Crippen LogP contribution is -2.16. The molecule has 134 valence electrons. The number of benzene rings is 2. The number of amidine groups is 1. The molecule has 0 saturated heterocycles. The summed E-state index contributed by atoms with van der Waals surface area (Å²) in [6.45, 7) is 0. The molecule has 25 heavy (non-hydrogen) atoms. The van der Waals surface area contributed by atoms with Crippen molar-refractivity contribution < 1.29 is 15.5 Å². The van der Waals surface area contributed by atoms with Crippen LogP contribution in [-0.4, -0.2) is 12.2 Å². The molecule has 0 unspecified atom stereocenters. The Hall–Kier alpha value is -2.19. The van der Waals surface area contributed by atoms with Gasteiger partial charge < -0.3 is 0 Å². The molecule has 0 aliphatic carbocycles. The smallest absolute Gasteiger partial charge is 0.215 e. The Balaban J connectivity index is 2.70. The van der Waals surface area contributed by atoms with Gasteiger partial charge in [-0.15, -0.1) is 20.7 Å². The number of nitrogens with zero attached hydrogens (tertiary/aromatic N) is 3. The van der Waals surface area contributed by atoms with Crippen molar-refractivity contribution in [1.82, 2.24) is 0 Å². The van der Waals surface area contributed by atoms with E-state index < -0.39 is 14.2 Å². The van der Waals surface area contributed by atoms with Gasteiger partial charge in [0.1, 0.15) is 0 Å². The van der Waals surface area contributed by atoms with Crippen LogP contribution in [0.5, 0.6) is 0 Å². The number of aliphatic imine (C=N–C) groups is 1. The molecule has 2 aromatic carbocycles. The predicted molar refractivity (Wildman–Crippen MR) is 96.8 cm³/mol. The average molecular weight is 392 g/mol. The molecule has 0 amide bonds. The van der Waals surface area contributed by atoms with Gasteiger partial charge in [0.2, 0.25) is 0 Å². The van der Waals surface area contributed by atoms with Crippen LogP contribution >= 0.6 is 19.7 Å². The SMILES string of the molecule is CN=NC(=N/C(=C/c1ccccc1)c1ccccc1)S(F)(F)(F)(F)Cl. The van der Waals surface area contributed by atoms with Gasteiger partial charge in [-0.25, -0.2) is 4.99 Å². The fourth-order valence-corrected chi connectivity index (χ4v) is 2.57. The molecular formula is C16H14ClF4N3S. The molecular weight excluding hydrogens is 378 g/mol. The number of rotatable bonds is 3. The minimum atomic E-state index is -9.12. The second-order valence-electron chi connectivity index (χ2n) is 4.97. The summed E-state index contributed by atoms with van der Waals surface area (Å²) in [6, 6.07) is 16.5. The minimum absolute atomic E-state index is 0.148. The summed E-state index contributed by atoms with van der Waals surface area (Å²) in [5.74, 6) is 0. The van der Waals surface area contributed by atoms with Crippen LogP contribution in [0.4, 0.5) is 15.5 Å². The molecule has 0 spiro atoms. The number of halogens is 5. The van der Waals surface area contributed by atoms with Gasteiger partial charge in [0, 0.05) is 23.3 Å². The van der Waals surface area contributed by atoms with Crippen molar-refractivity contribution in [2.45, 2.75) is 0 Å². The van der Waals surface area contributed by atoms with Gasteiger partial charge in [0.25, 0.3) is 14.2 Å². The van der Waals surface area contributed by atoms with Gasteiger partial charge in [-0.1, -0.05) is 60.7 Å². The first-order valence-corrected chi connectivity index (χ1v) is 9.82. The topological polar surface area (TPSA) is 37.1 Å². The number of hydrogen-bond acceptors (Lipinski definition) is 2. The Kier molecular flexibility index (Phi) is 4.80. The van der Waals surface area contributed by atoms with E-state index in [0.717, 1.165) is 7.05 Å². The molecule has 0 bridgehead atoms. The van der Waals surface area contributed by atoms with Crippen LogP contribution in [0, 0.1) is 0 Å². The number of hydrogen-bond donors (Lipinski definition) is 0. The standard InChI is InChI=1S/C16H14ClF4N3S/c1-22-24-16(25(17,18,19,20)21)23-15(14-10-6-3-7-11-14)12-13-8-4-2-5-9-13/h2-12H,1H3/b15-12+,23-16?,24-22?. The van der Waals surface area contributed by atoms with Gasteiger partial charge >= 0.3 is 0 Å². The molecule has 0 N–H and O–H groups in total. The monoisotopic (exact) mass is 391 g/mol. The first-order valence-electron chi connectivity index (χ1n) is 6.94. The normalized spacial score (nSPS) is 16.6. The Morgan fingerprint density at radius 2 is 1.44 bits per heavy atom. The van der Waals surface area contributed by atoms with Crippen LogP contribution in [0.25, 0.3) is 11.8 Å². The van der Waals surface area contributed by atoms with Gasteiger partial charge in [-0.2, -0.15) is 5.11 Å². The lowest BCUT2D eigenvalue weighted by molar-refractivity contribution is 0.507. The van der Waals surface area contributed by atoms with Crippen LogP contribution in [0.15, 0.2) is 75.9 Å². The molecule has 0 atom stereocenters. The van der Waals surface area contributed by atoms with Gasteiger partial charge in [0.15, 0.2) is 0 Å². The molecule has 0 fully saturated rings. The summed E-state index contributed by atoms with van der Waals surface area (Å²) < 4.78 is 54.4. The van der Waals surface area contributed by atoms with Crippen LogP contribution in [0.3, 0.4) is 0 Å². The molecule has 9 heteroatoms. The van der Waals surface area contributed by atoms with E-state index in [0.29, 0.717) is 11.1 Å². The highest BCUT2D eigenvalue weighted by Crippen LogP contribution is 3.01. The van der Waals surface area contributed by atoms with Crippen LogP contribution in [-0.2, 0) is 0 Å². The van der Waals surface area contributed by atoms with Crippen molar-refractivity contribution in [3.8, 4) is 0 Å². The fraction of sp³-hybridized carbons (Fsp3) is 0.0625. The van der Waals surface area contributed by atoms with Crippen molar-refractivity contribution in [3.05, 3.63) is 71.8 Å². The van der Waals surface area contributed by atoms with Crippen LogP contribution in [0.1, 0.15) is 11.1 Å². The molecule has 0 aliphatic rings. The van der Waals surface area contributed by atoms with Crippen molar-refractivity contribution >= 4 is 36.7 Å². The maximum atomic E-state index is 13.6. The Morgan fingerprint density at radius 1 is 0.920 bits per heavy atom. The van der Waals surface area contributed by atoms with Crippen molar-refractivity contribution in [3.63, 3.8) is 0 Å². The van der Waals surface area contributed by atoms with Crippen LogP contribution in [0.2, 0.25) is 0 Å². The van der Waals surface area contributed by atoms with E-state index in [1.54, 1.807) is 60.7 Å². The van der Waals surface area contributed by atoms with Crippen molar-refractivity contribution in [2.24, 2.45) is 15.2 Å². The quantitative estimate of drug-likeness (QED) is 0.174. The van der Waals surface area contributed by atoms with E-state index in [-0.39, 0.29) is 5.70 Å². The highest BCUT2D eigenvalue weighted by molar-refractivity contribution is 8.75. The summed E-state index contributed by atoms with van der Waals surface area (Å²) in [5, 5.41) is 3.70. The third kappa shape index (κ3) is 5.68. The minimum Gasteiger partial charge on any atom is -0.215 e. The molecule has 2 rings (SSSR count). The van der Waals surface area contributed by atoms with E-state index in [1.165, 1.54) is 6.08 Å². The zero-order valence-electron chi connectivity index (χ0n) is 13.0.